The van der Waals surface area contributed by atoms with Crippen molar-refractivity contribution in [3.05, 3.63) is 29.3 Å². The van der Waals surface area contributed by atoms with Crippen LogP contribution in [-0.4, -0.2) is 26.8 Å². The van der Waals surface area contributed by atoms with E-state index in [9.17, 15) is 14.7 Å². The number of halogens is 1. The van der Waals surface area contributed by atoms with Crippen molar-refractivity contribution in [3.8, 4) is 0 Å². The average molecular weight is 319 g/mol. The molecule has 1 rings (SSSR count). The Labute approximate surface area is 112 Å². The van der Waals surface area contributed by atoms with E-state index in [0.717, 1.165) is 0 Å². The van der Waals surface area contributed by atoms with Crippen molar-refractivity contribution < 1.29 is 19.8 Å². The summed E-state index contributed by atoms with van der Waals surface area (Å²) < 4.78 is 0. The molecular weight excluding hydrogens is 308 g/mol. The van der Waals surface area contributed by atoms with E-state index >= 15 is 0 Å². The van der Waals surface area contributed by atoms with Gasteiger partial charge in [0, 0.05) is 10.5 Å². The van der Waals surface area contributed by atoms with Crippen LogP contribution in [0.2, 0.25) is 0 Å². The average Bonchev–Trinajstić information content (AvgIpc) is 2.26. The summed E-state index contributed by atoms with van der Waals surface area (Å²) >= 11 is 7.27. The number of carboxylic acid groups (broad SMARTS) is 1. The minimum Gasteiger partial charge on any atom is -0.479 e. The third-order valence-corrected chi connectivity index (χ3v) is 2.98. The lowest BCUT2D eigenvalue weighted by Gasteiger charge is -2.10. The molecular formula is C11H11BrO4S. The van der Waals surface area contributed by atoms with Crippen molar-refractivity contribution in [1.82, 2.24) is 0 Å². The third-order valence-electron chi connectivity index (χ3n) is 2.20. The van der Waals surface area contributed by atoms with Gasteiger partial charge in [-0.2, -0.15) is 0 Å². The molecule has 0 aliphatic heterocycles. The first-order valence-electron chi connectivity index (χ1n) is 4.76. The molecule has 4 nitrogen and oxygen atoms in total. The first kappa shape index (κ1) is 14.2. The van der Waals surface area contributed by atoms with Gasteiger partial charge in [-0.25, -0.2) is 4.79 Å². The van der Waals surface area contributed by atoms with Crippen LogP contribution in [0.15, 0.2) is 23.1 Å². The molecule has 6 heteroatoms. The molecule has 0 saturated carbocycles. The molecule has 2 unspecified atom stereocenters. The Morgan fingerprint density at radius 1 is 1.41 bits per heavy atom. The van der Waals surface area contributed by atoms with Gasteiger partial charge >= 0.3 is 5.97 Å². The molecule has 1 aromatic carbocycles. The summed E-state index contributed by atoms with van der Waals surface area (Å²) in [6, 6.07) is 4.25. The van der Waals surface area contributed by atoms with Gasteiger partial charge in [-0.05, 0) is 24.6 Å². The van der Waals surface area contributed by atoms with Crippen molar-refractivity contribution in [1.29, 1.82) is 0 Å². The molecule has 0 heterocycles. The van der Waals surface area contributed by atoms with Gasteiger partial charge in [0.2, 0.25) is 0 Å². The van der Waals surface area contributed by atoms with Crippen molar-refractivity contribution in [2.45, 2.75) is 22.8 Å². The summed E-state index contributed by atoms with van der Waals surface area (Å²) in [5, 5.41) is 18.0. The first-order chi connectivity index (χ1) is 7.84. The number of benzene rings is 1. The van der Waals surface area contributed by atoms with Crippen LogP contribution >= 0.6 is 28.6 Å². The highest BCUT2D eigenvalue weighted by Gasteiger charge is 2.19. The number of hydrogen-bond donors (Lipinski definition) is 3. The van der Waals surface area contributed by atoms with Crippen LogP contribution < -0.4 is 0 Å². The number of thiol groups is 1. The Bertz CT molecular complexity index is 459. The summed E-state index contributed by atoms with van der Waals surface area (Å²) in [5.74, 6) is -1.49. The maximum Gasteiger partial charge on any atom is 0.337 e. The molecule has 0 fully saturated rings. The minimum atomic E-state index is -1.61. The normalized spacial score (nSPS) is 14.1. The van der Waals surface area contributed by atoms with Crippen LogP contribution in [-0.2, 0) is 4.79 Å². The molecule has 2 atom stereocenters. The highest BCUT2D eigenvalue weighted by molar-refractivity contribution is 9.10. The van der Waals surface area contributed by atoms with Gasteiger partial charge in [-0.1, -0.05) is 22.0 Å². The Morgan fingerprint density at radius 2 is 2.00 bits per heavy atom. The Morgan fingerprint density at radius 3 is 2.41 bits per heavy atom. The van der Waals surface area contributed by atoms with E-state index in [4.69, 9.17) is 5.11 Å². The van der Waals surface area contributed by atoms with E-state index in [-0.39, 0.29) is 16.2 Å². The lowest BCUT2D eigenvalue weighted by molar-refractivity contribution is -0.146. The number of Topliss-reactive ketones (excluding diaryl/α,β-unsaturated/α-hetero) is 1. The van der Waals surface area contributed by atoms with Crippen LogP contribution in [0.4, 0.5) is 0 Å². The highest BCUT2D eigenvalue weighted by atomic mass is 79.9. The van der Waals surface area contributed by atoms with E-state index in [2.05, 4.69) is 28.6 Å². The summed E-state index contributed by atoms with van der Waals surface area (Å²) in [5.41, 5.74) is 0.584. The van der Waals surface area contributed by atoms with Crippen molar-refractivity contribution in [2.75, 3.05) is 0 Å². The summed E-state index contributed by atoms with van der Waals surface area (Å²) in [4.78, 5) is 22.3. The van der Waals surface area contributed by atoms with E-state index in [1.807, 2.05) is 0 Å². The Kier molecular flexibility index (Phi) is 4.73. The van der Waals surface area contributed by atoms with Crippen LogP contribution in [0.5, 0.6) is 0 Å². The fourth-order valence-corrected chi connectivity index (χ4v) is 1.86. The van der Waals surface area contributed by atoms with E-state index in [1.54, 1.807) is 6.92 Å². The van der Waals surface area contributed by atoms with Crippen molar-refractivity contribution in [3.63, 3.8) is 0 Å². The SMILES string of the molecule is CC(Br)C(=O)c1ccc(C(O)C(=O)O)cc1S. The fourth-order valence-electron chi connectivity index (χ4n) is 1.28. The number of carboxylic acids is 1. The van der Waals surface area contributed by atoms with Crippen LogP contribution in [0, 0.1) is 0 Å². The first-order valence-corrected chi connectivity index (χ1v) is 6.13. The maximum atomic E-state index is 11.7. The number of carbonyl (C=O) groups excluding carboxylic acids is 1. The van der Waals surface area contributed by atoms with E-state index in [1.165, 1.54) is 18.2 Å². The number of carbonyl (C=O) groups is 2. The smallest absolute Gasteiger partial charge is 0.337 e. The zero-order valence-electron chi connectivity index (χ0n) is 8.92. The predicted molar refractivity (Wildman–Crippen MR) is 69.0 cm³/mol. The van der Waals surface area contributed by atoms with Crippen molar-refractivity contribution in [2.24, 2.45) is 0 Å². The monoisotopic (exact) mass is 318 g/mol. The largest absolute Gasteiger partial charge is 0.479 e. The topological polar surface area (TPSA) is 74.6 Å². The number of rotatable bonds is 4. The quantitative estimate of drug-likeness (QED) is 0.451. The fraction of sp³-hybridized carbons (Fsp3) is 0.273. The zero-order valence-corrected chi connectivity index (χ0v) is 11.4. The molecule has 0 bridgehead atoms. The van der Waals surface area contributed by atoms with Gasteiger partial charge in [0.25, 0.3) is 0 Å². The Balaban J connectivity index is 3.10. The second-order valence-corrected chi connectivity index (χ2v) is 5.35. The van der Waals surface area contributed by atoms with Gasteiger partial charge < -0.3 is 10.2 Å². The standard InChI is InChI=1S/C11H11BrO4S/c1-5(12)9(13)7-3-2-6(4-8(7)17)10(14)11(15)16/h2-5,10,14,17H,1H3,(H,15,16). The van der Waals surface area contributed by atoms with Gasteiger partial charge in [-0.3, -0.25) is 4.79 Å². The lowest BCUT2D eigenvalue weighted by Crippen LogP contribution is -2.13. The number of aliphatic hydroxyl groups is 1. The molecule has 0 amide bonds. The Hall–Kier alpha value is -0.850. The van der Waals surface area contributed by atoms with Crippen molar-refractivity contribution >= 4 is 40.3 Å². The molecule has 0 saturated heterocycles. The maximum absolute atomic E-state index is 11.7. The van der Waals surface area contributed by atoms with E-state index < -0.39 is 12.1 Å². The van der Waals surface area contributed by atoms with Gasteiger partial charge in [0.15, 0.2) is 11.9 Å². The zero-order chi connectivity index (χ0) is 13.2. The molecule has 17 heavy (non-hydrogen) atoms. The van der Waals surface area contributed by atoms with Crippen LogP contribution in [0.3, 0.4) is 0 Å². The molecule has 0 aliphatic carbocycles. The van der Waals surface area contributed by atoms with Gasteiger partial charge in [0.1, 0.15) is 0 Å². The second kappa shape index (κ2) is 5.66. The second-order valence-electron chi connectivity index (χ2n) is 3.50. The molecule has 0 aromatic heterocycles. The number of aliphatic carboxylic acids is 1. The summed E-state index contributed by atoms with van der Waals surface area (Å²) in [7, 11) is 0. The number of alkyl halides is 1. The molecule has 0 spiro atoms. The lowest BCUT2D eigenvalue weighted by atomic mass is 10.0. The number of ketones is 1. The molecule has 0 radical (unpaired) electrons. The molecule has 1 aromatic rings. The molecule has 92 valence electrons. The summed E-state index contributed by atoms with van der Waals surface area (Å²) in [6.07, 6.45) is -1.61. The van der Waals surface area contributed by atoms with Crippen LogP contribution in [0.1, 0.15) is 28.9 Å². The number of aliphatic hydroxyl groups excluding tert-OH is 1. The minimum absolute atomic E-state index is 0.147. The number of hydrogen-bond acceptors (Lipinski definition) is 4. The third kappa shape index (κ3) is 3.31. The molecule has 2 N–H and O–H groups in total. The van der Waals surface area contributed by atoms with Gasteiger partial charge in [0.05, 0.1) is 4.83 Å². The highest BCUT2D eigenvalue weighted by Crippen LogP contribution is 2.23. The van der Waals surface area contributed by atoms with Crippen LogP contribution in [0.25, 0.3) is 0 Å². The predicted octanol–water partition coefficient (Wildman–Crippen LogP) is 2.06. The molecule has 0 aliphatic rings. The van der Waals surface area contributed by atoms with Gasteiger partial charge in [-0.15, -0.1) is 12.6 Å². The summed E-state index contributed by atoms with van der Waals surface area (Å²) in [6.45, 7) is 1.69. The van der Waals surface area contributed by atoms with E-state index in [0.29, 0.717) is 10.5 Å².